The number of halogens is 4. The van der Waals surface area contributed by atoms with E-state index in [0.717, 1.165) is 25.7 Å². The number of nitrogens with one attached hydrogen (secondary N) is 1. The highest BCUT2D eigenvalue weighted by Crippen LogP contribution is 2.32. The van der Waals surface area contributed by atoms with Gasteiger partial charge in [0.25, 0.3) is 0 Å². The van der Waals surface area contributed by atoms with E-state index in [0.29, 0.717) is 12.8 Å². The number of benzene rings is 2. The molecule has 0 saturated carbocycles. The lowest BCUT2D eigenvalue weighted by Gasteiger charge is -2.31. The highest BCUT2D eigenvalue weighted by Gasteiger charge is 2.34. The molecular weight excluding hydrogens is 506 g/mol. The molecule has 4 nitrogen and oxygen atoms in total. The maximum Gasteiger partial charge on any atom is 0.416 e. The van der Waals surface area contributed by atoms with E-state index in [1.54, 1.807) is 6.07 Å². The summed E-state index contributed by atoms with van der Waals surface area (Å²) in [6.07, 6.45) is -3.22. The number of rotatable bonds is 5. The number of nitrogens with zero attached hydrogens (tertiary/aromatic N) is 2. The molecule has 3 rings (SSSR count). The molecule has 1 saturated heterocycles. The molecule has 0 atom stereocenters. The Morgan fingerprint density at radius 3 is 2.43 bits per heavy atom. The zero-order chi connectivity index (χ0) is 21.7. The summed E-state index contributed by atoms with van der Waals surface area (Å²) in [7, 11) is 0. The van der Waals surface area contributed by atoms with E-state index >= 15 is 0 Å². The standard InChI is InChI=1S/C22H21F3IN3O/c23-22(24,25)20-11-16(12-27)1-4-18(20)13-28-21(30)17-7-9-29(10-8-17)14-15-2-5-19(26)6-3-15/h1-6,11,17H,7-10,13-14H2,(H,28,30). The van der Waals surface area contributed by atoms with Gasteiger partial charge in [-0.05, 0) is 83.9 Å². The molecule has 0 bridgehead atoms. The first-order chi connectivity index (χ1) is 14.3. The van der Waals surface area contributed by atoms with Gasteiger partial charge in [-0.25, -0.2) is 0 Å². The summed E-state index contributed by atoms with van der Waals surface area (Å²) in [6.45, 7) is 2.16. The zero-order valence-corrected chi connectivity index (χ0v) is 18.3. The Balaban J connectivity index is 1.53. The van der Waals surface area contributed by atoms with Gasteiger partial charge < -0.3 is 5.32 Å². The highest BCUT2D eigenvalue weighted by molar-refractivity contribution is 14.1. The van der Waals surface area contributed by atoms with Gasteiger partial charge in [-0.2, -0.15) is 18.4 Å². The van der Waals surface area contributed by atoms with Gasteiger partial charge >= 0.3 is 6.18 Å². The second-order valence-corrected chi connectivity index (χ2v) is 8.62. The van der Waals surface area contributed by atoms with Gasteiger partial charge in [-0.15, -0.1) is 0 Å². The van der Waals surface area contributed by atoms with Gasteiger partial charge in [0, 0.05) is 22.6 Å². The summed E-state index contributed by atoms with van der Waals surface area (Å²) < 4.78 is 41.0. The molecule has 158 valence electrons. The van der Waals surface area contributed by atoms with Crippen LogP contribution in [0.4, 0.5) is 13.2 Å². The molecule has 0 spiro atoms. The van der Waals surface area contributed by atoms with Gasteiger partial charge in [0.05, 0.1) is 17.2 Å². The van der Waals surface area contributed by atoms with Crippen LogP contribution in [-0.4, -0.2) is 23.9 Å². The lowest BCUT2D eigenvalue weighted by molar-refractivity contribution is -0.138. The molecule has 0 aromatic heterocycles. The third kappa shape index (κ3) is 5.95. The van der Waals surface area contributed by atoms with Crippen LogP contribution in [0.1, 0.15) is 35.1 Å². The van der Waals surface area contributed by atoms with Crippen molar-refractivity contribution in [1.82, 2.24) is 10.2 Å². The van der Waals surface area contributed by atoms with Crippen LogP contribution in [0.3, 0.4) is 0 Å². The number of carbonyl (C=O) groups excluding carboxylic acids is 1. The second-order valence-electron chi connectivity index (χ2n) is 7.38. The average molecular weight is 527 g/mol. The third-order valence-corrected chi connectivity index (χ3v) is 5.99. The normalized spacial score (nSPS) is 15.6. The van der Waals surface area contributed by atoms with E-state index in [4.69, 9.17) is 5.26 Å². The Morgan fingerprint density at radius 1 is 1.17 bits per heavy atom. The number of alkyl halides is 3. The first-order valence-corrected chi connectivity index (χ1v) is 10.7. The average Bonchev–Trinajstić information content (AvgIpc) is 2.73. The fourth-order valence-electron chi connectivity index (χ4n) is 3.59. The molecule has 8 heteroatoms. The molecule has 0 aliphatic carbocycles. The monoisotopic (exact) mass is 527 g/mol. The molecule has 1 N–H and O–H groups in total. The largest absolute Gasteiger partial charge is 0.416 e. The highest BCUT2D eigenvalue weighted by atomic mass is 127. The van der Waals surface area contributed by atoms with Crippen molar-refractivity contribution in [1.29, 1.82) is 5.26 Å². The summed E-state index contributed by atoms with van der Waals surface area (Å²) in [5.74, 6) is -0.424. The molecule has 1 amide bonds. The molecule has 0 radical (unpaired) electrons. The van der Waals surface area contributed by atoms with E-state index in [2.05, 4.69) is 57.1 Å². The first-order valence-electron chi connectivity index (χ1n) is 9.61. The molecule has 1 fully saturated rings. The summed E-state index contributed by atoms with van der Waals surface area (Å²) in [6, 6.07) is 13.4. The predicted molar refractivity (Wildman–Crippen MR) is 115 cm³/mol. The number of piperidine rings is 1. The van der Waals surface area contributed by atoms with Crippen molar-refractivity contribution in [2.75, 3.05) is 13.1 Å². The van der Waals surface area contributed by atoms with Gasteiger partial charge in [0.1, 0.15) is 0 Å². The Kier molecular flexibility index (Phi) is 7.36. The van der Waals surface area contributed by atoms with Crippen LogP contribution < -0.4 is 5.32 Å². The number of nitriles is 1. The maximum absolute atomic E-state index is 13.3. The number of likely N-dealkylation sites (tertiary alicyclic amines) is 1. The van der Waals surface area contributed by atoms with Crippen LogP contribution in [0.15, 0.2) is 42.5 Å². The lowest BCUT2D eigenvalue weighted by Crippen LogP contribution is -2.40. The SMILES string of the molecule is N#Cc1ccc(CNC(=O)C2CCN(Cc3ccc(I)cc3)CC2)c(C(F)(F)F)c1. The van der Waals surface area contributed by atoms with Crippen LogP contribution in [0.2, 0.25) is 0 Å². The topological polar surface area (TPSA) is 56.1 Å². The number of carbonyl (C=O) groups is 1. The molecule has 0 unspecified atom stereocenters. The van der Waals surface area contributed by atoms with Crippen molar-refractivity contribution < 1.29 is 18.0 Å². The number of hydrogen-bond donors (Lipinski definition) is 1. The smallest absolute Gasteiger partial charge is 0.352 e. The zero-order valence-electron chi connectivity index (χ0n) is 16.2. The van der Waals surface area contributed by atoms with E-state index in [9.17, 15) is 18.0 Å². The van der Waals surface area contributed by atoms with Crippen molar-refractivity contribution in [3.05, 3.63) is 68.3 Å². The van der Waals surface area contributed by atoms with Crippen LogP contribution >= 0.6 is 22.6 Å². The Labute approximate surface area is 187 Å². The quantitative estimate of drug-likeness (QED) is 0.574. The molecule has 1 aliphatic heterocycles. The molecule has 1 heterocycles. The lowest BCUT2D eigenvalue weighted by atomic mass is 9.95. The molecule has 30 heavy (non-hydrogen) atoms. The minimum absolute atomic E-state index is 0.0361. The van der Waals surface area contributed by atoms with Crippen molar-refractivity contribution in [2.24, 2.45) is 5.92 Å². The minimum atomic E-state index is -4.58. The summed E-state index contributed by atoms with van der Waals surface area (Å²) in [5, 5.41) is 11.5. The van der Waals surface area contributed by atoms with Crippen molar-refractivity contribution in [2.45, 2.75) is 32.1 Å². The van der Waals surface area contributed by atoms with Crippen LogP contribution in [0.5, 0.6) is 0 Å². The van der Waals surface area contributed by atoms with E-state index in [1.165, 1.54) is 21.3 Å². The molecule has 2 aromatic rings. The Hall–Kier alpha value is -2.12. The van der Waals surface area contributed by atoms with Crippen LogP contribution in [0.25, 0.3) is 0 Å². The van der Waals surface area contributed by atoms with Crippen molar-refractivity contribution in [3.63, 3.8) is 0 Å². The second kappa shape index (κ2) is 9.79. The van der Waals surface area contributed by atoms with Gasteiger partial charge in [-0.1, -0.05) is 18.2 Å². The van der Waals surface area contributed by atoms with E-state index in [-0.39, 0.29) is 29.5 Å². The summed E-state index contributed by atoms with van der Waals surface area (Å²) in [4.78, 5) is 14.8. The summed E-state index contributed by atoms with van der Waals surface area (Å²) in [5.41, 5.74) is 0.247. The van der Waals surface area contributed by atoms with Crippen LogP contribution in [-0.2, 0) is 24.1 Å². The third-order valence-electron chi connectivity index (χ3n) is 5.28. The maximum atomic E-state index is 13.3. The Bertz CT molecular complexity index is 930. The van der Waals surface area contributed by atoms with E-state index in [1.807, 2.05) is 0 Å². The molecular formula is C22H21F3IN3O. The fourth-order valence-corrected chi connectivity index (χ4v) is 3.95. The molecule has 2 aromatic carbocycles. The van der Waals surface area contributed by atoms with Gasteiger partial charge in [0.15, 0.2) is 0 Å². The fraction of sp³-hybridized carbons (Fsp3) is 0.364. The Morgan fingerprint density at radius 2 is 1.83 bits per heavy atom. The van der Waals surface area contributed by atoms with Crippen molar-refractivity contribution in [3.8, 4) is 6.07 Å². The van der Waals surface area contributed by atoms with Crippen LogP contribution in [0, 0.1) is 20.8 Å². The molecule has 1 aliphatic rings. The summed E-state index contributed by atoms with van der Waals surface area (Å²) >= 11 is 2.26. The first kappa shape index (κ1) is 22.6. The van der Waals surface area contributed by atoms with E-state index < -0.39 is 11.7 Å². The predicted octanol–water partition coefficient (Wildman–Crippen LogP) is 4.71. The number of amides is 1. The minimum Gasteiger partial charge on any atom is -0.352 e. The van der Waals surface area contributed by atoms with Crippen molar-refractivity contribution >= 4 is 28.5 Å². The van der Waals surface area contributed by atoms with Gasteiger partial charge in [-0.3, -0.25) is 9.69 Å². The number of hydrogen-bond acceptors (Lipinski definition) is 3. The van der Waals surface area contributed by atoms with Gasteiger partial charge in [0.2, 0.25) is 5.91 Å².